The fourth-order valence-corrected chi connectivity index (χ4v) is 4.27. The summed E-state index contributed by atoms with van der Waals surface area (Å²) in [6.45, 7) is 1.71. The number of hydrogen-bond donors (Lipinski definition) is 1. The lowest BCUT2D eigenvalue weighted by atomic mass is 10.0. The van der Waals surface area contributed by atoms with Crippen LogP contribution in [0.1, 0.15) is 27.0 Å². The SMILES string of the molecule is COc1ccc(-c2nc(C)c(C(=O)N(C)C(C(N)=O)c3cccc(F)c3)s2)cc1OC. The number of methoxy groups -OCH3 is 2. The van der Waals surface area contributed by atoms with Crippen LogP contribution in [0.2, 0.25) is 0 Å². The summed E-state index contributed by atoms with van der Waals surface area (Å²) in [6.07, 6.45) is 0. The Labute approximate surface area is 183 Å². The van der Waals surface area contributed by atoms with Gasteiger partial charge in [-0.05, 0) is 42.8 Å². The number of amides is 2. The van der Waals surface area contributed by atoms with Crippen LogP contribution < -0.4 is 15.2 Å². The zero-order valence-electron chi connectivity index (χ0n) is 17.5. The van der Waals surface area contributed by atoms with Crippen molar-refractivity contribution >= 4 is 23.2 Å². The minimum Gasteiger partial charge on any atom is -0.493 e. The molecule has 0 saturated heterocycles. The Morgan fingerprint density at radius 3 is 2.45 bits per heavy atom. The maximum absolute atomic E-state index is 13.7. The van der Waals surface area contributed by atoms with Crippen LogP contribution in [0.4, 0.5) is 4.39 Å². The first kappa shape index (κ1) is 22.2. The first-order valence-corrected chi connectivity index (χ1v) is 10.1. The highest BCUT2D eigenvalue weighted by Gasteiger charge is 2.30. The number of carbonyl (C=O) groups excluding carboxylic acids is 2. The van der Waals surface area contributed by atoms with Crippen LogP contribution in [0.5, 0.6) is 11.5 Å². The van der Waals surface area contributed by atoms with E-state index < -0.39 is 23.7 Å². The van der Waals surface area contributed by atoms with Gasteiger partial charge in [0.2, 0.25) is 5.91 Å². The molecule has 3 aromatic rings. The first-order chi connectivity index (χ1) is 14.8. The van der Waals surface area contributed by atoms with Crippen LogP contribution >= 0.6 is 11.3 Å². The van der Waals surface area contributed by atoms with Crippen LogP contribution in [0.3, 0.4) is 0 Å². The van der Waals surface area contributed by atoms with E-state index in [1.807, 2.05) is 6.07 Å². The van der Waals surface area contributed by atoms with Gasteiger partial charge in [-0.15, -0.1) is 11.3 Å². The second kappa shape index (κ2) is 9.13. The number of primary amides is 1. The number of aryl methyl sites for hydroxylation is 1. The van der Waals surface area contributed by atoms with Gasteiger partial charge in [-0.1, -0.05) is 12.1 Å². The molecule has 0 spiro atoms. The summed E-state index contributed by atoms with van der Waals surface area (Å²) < 4.78 is 24.3. The van der Waals surface area contributed by atoms with Crippen LogP contribution in [0, 0.1) is 12.7 Å². The number of hydrogen-bond acceptors (Lipinski definition) is 6. The number of carbonyl (C=O) groups is 2. The number of nitrogens with two attached hydrogens (primary N) is 1. The number of rotatable bonds is 7. The van der Waals surface area contributed by atoms with Gasteiger partial charge in [0.1, 0.15) is 21.7 Å². The summed E-state index contributed by atoms with van der Waals surface area (Å²) in [6, 6.07) is 9.69. The Balaban J connectivity index is 1.95. The molecule has 0 fully saturated rings. The molecule has 7 nitrogen and oxygen atoms in total. The summed E-state index contributed by atoms with van der Waals surface area (Å²) in [7, 11) is 4.54. The van der Waals surface area contributed by atoms with E-state index in [0.717, 1.165) is 5.56 Å². The maximum atomic E-state index is 13.7. The lowest BCUT2D eigenvalue weighted by Gasteiger charge is -2.25. The monoisotopic (exact) mass is 443 g/mol. The second-order valence-electron chi connectivity index (χ2n) is 6.78. The standard InChI is InChI=1S/C22H22FN3O4S/c1-12-19(31-21(25-12)14-8-9-16(29-3)17(11-14)30-4)22(28)26(2)18(20(24)27)13-6-5-7-15(23)10-13/h5-11,18H,1-4H3,(H2,24,27). The lowest BCUT2D eigenvalue weighted by molar-refractivity contribution is -0.122. The van der Waals surface area contributed by atoms with E-state index in [1.54, 1.807) is 32.2 Å². The zero-order chi connectivity index (χ0) is 22.7. The minimum atomic E-state index is -1.12. The third-order valence-electron chi connectivity index (χ3n) is 4.76. The number of benzene rings is 2. The van der Waals surface area contributed by atoms with Crippen molar-refractivity contribution < 1.29 is 23.5 Å². The van der Waals surface area contributed by atoms with Crippen LogP contribution in [0.15, 0.2) is 42.5 Å². The van der Waals surface area contributed by atoms with Crippen molar-refractivity contribution in [3.05, 3.63) is 64.4 Å². The Morgan fingerprint density at radius 2 is 1.84 bits per heavy atom. The molecule has 0 aliphatic heterocycles. The molecule has 1 atom stereocenters. The molecule has 0 aliphatic rings. The van der Waals surface area contributed by atoms with E-state index >= 15 is 0 Å². The maximum Gasteiger partial charge on any atom is 0.266 e. The Kier molecular flexibility index (Phi) is 6.55. The molecule has 0 saturated carbocycles. The van der Waals surface area contributed by atoms with Crippen LogP contribution in [-0.4, -0.2) is 43.0 Å². The van der Waals surface area contributed by atoms with Gasteiger partial charge in [-0.3, -0.25) is 9.59 Å². The van der Waals surface area contributed by atoms with E-state index in [2.05, 4.69) is 4.98 Å². The van der Waals surface area contributed by atoms with Crippen molar-refractivity contribution in [2.24, 2.45) is 5.73 Å². The van der Waals surface area contributed by atoms with Crippen molar-refractivity contribution in [3.8, 4) is 22.1 Å². The molecule has 2 amide bonds. The molecule has 2 aromatic carbocycles. The average molecular weight is 444 g/mol. The number of aromatic nitrogens is 1. The normalized spacial score (nSPS) is 11.6. The molecule has 0 aliphatic carbocycles. The van der Waals surface area contributed by atoms with Crippen molar-refractivity contribution in [2.45, 2.75) is 13.0 Å². The van der Waals surface area contributed by atoms with E-state index in [1.165, 1.54) is 48.6 Å². The topological polar surface area (TPSA) is 94.8 Å². The van der Waals surface area contributed by atoms with Crippen molar-refractivity contribution in [2.75, 3.05) is 21.3 Å². The molecular weight excluding hydrogens is 421 g/mol. The first-order valence-electron chi connectivity index (χ1n) is 9.28. The largest absolute Gasteiger partial charge is 0.493 e. The Morgan fingerprint density at radius 1 is 1.13 bits per heavy atom. The predicted molar refractivity (Wildman–Crippen MR) is 116 cm³/mol. The van der Waals surface area contributed by atoms with Gasteiger partial charge >= 0.3 is 0 Å². The van der Waals surface area contributed by atoms with Crippen molar-refractivity contribution in [1.82, 2.24) is 9.88 Å². The zero-order valence-corrected chi connectivity index (χ0v) is 18.3. The molecule has 3 rings (SSSR count). The second-order valence-corrected chi connectivity index (χ2v) is 7.78. The predicted octanol–water partition coefficient (Wildman–Crippen LogP) is 3.57. The highest BCUT2D eigenvalue weighted by molar-refractivity contribution is 7.17. The van der Waals surface area contributed by atoms with Crippen LogP contribution in [0.25, 0.3) is 10.6 Å². The molecule has 1 aromatic heterocycles. The number of ether oxygens (including phenoxy) is 2. The molecule has 2 N–H and O–H groups in total. The third kappa shape index (κ3) is 4.51. The summed E-state index contributed by atoms with van der Waals surface area (Å²) in [5.74, 6) is -0.597. The average Bonchev–Trinajstić information content (AvgIpc) is 3.14. The summed E-state index contributed by atoms with van der Waals surface area (Å²) in [4.78, 5) is 31.4. The molecule has 0 radical (unpaired) electrons. The summed E-state index contributed by atoms with van der Waals surface area (Å²) >= 11 is 1.18. The number of halogens is 1. The van der Waals surface area contributed by atoms with E-state index in [9.17, 15) is 14.0 Å². The number of thiazole rings is 1. The van der Waals surface area contributed by atoms with Gasteiger partial charge in [0.05, 0.1) is 19.9 Å². The lowest BCUT2D eigenvalue weighted by Crippen LogP contribution is -2.39. The Hall–Kier alpha value is -3.46. The number of likely N-dealkylation sites (N-methyl/N-ethyl adjacent to an activating group) is 1. The summed E-state index contributed by atoms with van der Waals surface area (Å²) in [5, 5.41) is 0.608. The van der Waals surface area contributed by atoms with Gasteiger partial charge < -0.3 is 20.1 Å². The highest BCUT2D eigenvalue weighted by atomic mass is 32.1. The van der Waals surface area contributed by atoms with Gasteiger partial charge in [0.25, 0.3) is 5.91 Å². The number of nitrogens with zero attached hydrogens (tertiary/aromatic N) is 2. The van der Waals surface area contributed by atoms with Gasteiger partial charge in [-0.25, -0.2) is 9.37 Å². The smallest absolute Gasteiger partial charge is 0.266 e. The van der Waals surface area contributed by atoms with Crippen molar-refractivity contribution in [1.29, 1.82) is 0 Å². The Bertz CT molecular complexity index is 1130. The third-order valence-corrected chi connectivity index (χ3v) is 5.96. The van der Waals surface area contributed by atoms with Crippen LogP contribution in [-0.2, 0) is 4.79 Å². The quantitative estimate of drug-likeness (QED) is 0.602. The van der Waals surface area contributed by atoms with Crippen molar-refractivity contribution in [3.63, 3.8) is 0 Å². The van der Waals surface area contributed by atoms with Gasteiger partial charge in [0, 0.05) is 12.6 Å². The molecule has 1 unspecified atom stereocenters. The molecule has 162 valence electrons. The molecular formula is C22H22FN3O4S. The van der Waals surface area contributed by atoms with E-state index in [4.69, 9.17) is 15.2 Å². The highest BCUT2D eigenvalue weighted by Crippen LogP contribution is 2.35. The molecule has 31 heavy (non-hydrogen) atoms. The fourth-order valence-electron chi connectivity index (χ4n) is 3.22. The molecule has 0 bridgehead atoms. The van der Waals surface area contributed by atoms with Gasteiger partial charge in [0.15, 0.2) is 11.5 Å². The fraction of sp³-hybridized carbons (Fsp3) is 0.227. The minimum absolute atomic E-state index is 0.297. The van der Waals surface area contributed by atoms with E-state index in [-0.39, 0.29) is 0 Å². The summed E-state index contributed by atoms with van der Waals surface area (Å²) in [5.41, 5.74) is 7.10. The molecule has 9 heteroatoms. The van der Waals surface area contributed by atoms with E-state index in [0.29, 0.717) is 32.6 Å². The molecule has 1 heterocycles. The van der Waals surface area contributed by atoms with Gasteiger partial charge in [-0.2, -0.15) is 0 Å².